The van der Waals surface area contributed by atoms with Crippen molar-refractivity contribution in [2.75, 3.05) is 11.9 Å². The van der Waals surface area contributed by atoms with Crippen LogP contribution in [-0.2, 0) is 0 Å². The van der Waals surface area contributed by atoms with E-state index in [9.17, 15) is 18.7 Å². The van der Waals surface area contributed by atoms with Crippen LogP contribution in [0.25, 0.3) is 0 Å². The molecule has 1 unspecified atom stereocenters. The molecule has 22 heavy (non-hydrogen) atoms. The average Bonchev–Trinajstić information content (AvgIpc) is 2.89. The van der Waals surface area contributed by atoms with E-state index in [4.69, 9.17) is 0 Å². The molecule has 1 atom stereocenters. The van der Waals surface area contributed by atoms with Crippen LogP contribution in [0, 0.1) is 0 Å². The zero-order valence-corrected chi connectivity index (χ0v) is 13.4. The second-order valence-electron chi connectivity index (χ2n) is 5.81. The van der Waals surface area contributed by atoms with E-state index in [1.807, 2.05) is 0 Å². The van der Waals surface area contributed by atoms with Crippen molar-refractivity contribution in [3.8, 4) is 0 Å². The third-order valence-electron chi connectivity index (χ3n) is 3.67. The normalized spacial score (nSPS) is 18.8. The molecule has 0 bridgehead atoms. The van der Waals surface area contributed by atoms with Gasteiger partial charge in [-0.3, -0.25) is 0 Å². The van der Waals surface area contributed by atoms with Gasteiger partial charge in [0.05, 0.1) is 17.3 Å². The van der Waals surface area contributed by atoms with Gasteiger partial charge in [-0.2, -0.15) is 8.78 Å². The van der Waals surface area contributed by atoms with Crippen molar-refractivity contribution in [3.63, 3.8) is 0 Å². The summed E-state index contributed by atoms with van der Waals surface area (Å²) in [6.07, 6.45) is 1.54. The minimum atomic E-state index is -2.55. The molecule has 4 nitrogen and oxygen atoms in total. The van der Waals surface area contributed by atoms with Crippen LogP contribution in [0.5, 0.6) is 0 Å². The number of halogens is 2. The molecule has 2 amide bonds. The highest BCUT2D eigenvalue weighted by atomic mass is 32.2. The number of nitrogens with one attached hydrogen (secondary N) is 1. The molecule has 2 N–H and O–H groups in total. The summed E-state index contributed by atoms with van der Waals surface area (Å²) in [5.41, 5.74) is -0.635. The van der Waals surface area contributed by atoms with Crippen molar-refractivity contribution in [1.29, 1.82) is 0 Å². The van der Waals surface area contributed by atoms with Crippen LogP contribution in [0.15, 0.2) is 29.2 Å². The Morgan fingerprint density at radius 3 is 2.77 bits per heavy atom. The molecule has 0 spiro atoms. The first-order valence-corrected chi connectivity index (χ1v) is 8.01. The molecule has 7 heteroatoms. The fourth-order valence-corrected chi connectivity index (χ4v) is 3.30. The van der Waals surface area contributed by atoms with Crippen LogP contribution < -0.4 is 5.32 Å². The van der Waals surface area contributed by atoms with Gasteiger partial charge in [0.25, 0.3) is 5.76 Å². The number of amides is 2. The van der Waals surface area contributed by atoms with Crippen molar-refractivity contribution >= 4 is 23.5 Å². The van der Waals surface area contributed by atoms with E-state index in [-0.39, 0.29) is 12.1 Å². The Morgan fingerprint density at radius 2 is 2.14 bits per heavy atom. The van der Waals surface area contributed by atoms with E-state index in [0.717, 1.165) is 12.8 Å². The van der Waals surface area contributed by atoms with Gasteiger partial charge in [0.15, 0.2) is 0 Å². The van der Waals surface area contributed by atoms with Crippen LogP contribution in [0.2, 0.25) is 0 Å². The summed E-state index contributed by atoms with van der Waals surface area (Å²) in [7, 11) is 0. The number of carbonyl (C=O) groups excluding carboxylic acids is 1. The molecular weight excluding hydrogens is 310 g/mol. The number of alkyl halides is 2. The van der Waals surface area contributed by atoms with Crippen molar-refractivity contribution in [2.24, 2.45) is 0 Å². The van der Waals surface area contributed by atoms with E-state index in [1.165, 1.54) is 0 Å². The molecule has 2 rings (SSSR count). The van der Waals surface area contributed by atoms with E-state index in [1.54, 1.807) is 43.0 Å². The number of urea groups is 1. The monoisotopic (exact) mass is 330 g/mol. The quantitative estimate of drug-likeness (QED) is 0.826. The van der Waals surface area contributed by atoms with E-state index in [0.29, 0.717) is 28.9 Å². The first-order chi connectivity index (χ1) is 10.3. The van der Waals surface area contributed by atoms with E-state index >= 15 is 0 Å². The molecule has 1 aromatic carbocycles. The molecule has 122 valence electrons. The number of aliphatic hydroxyl groups is 1. The highest BCUT2D eigenvalue weighted by Gasteiger charge is 2.38. The first-order valence-electron chi connectivity index (χ1n) is 7.13. The van der Waals surface area contributed by atoms with Gasteiger partial charge in [0, 0.05) is 11.4 Å². The number of likely N-dealkylation sites (tertiary alicyclic amines) is 1. The zero-order valence-electron chi connectivity index (χ0n) is 12.6. The zero-order chi connectivity index (χ0) is 16.3. The fourth-order valence-electron chi connectivity index (χ4n) is 2.70. The van der Waals surface area contributed by atoms with Gasteiger partial charge in [0.2, 0.25) is 0 Å². The summed E-state index contributed by atoms with van der Waals surface area (Å²) >= 11 is 0.400. The number of hydrogen-bond donors (Lipinski definition) is 2. The number of carbonyl (C=O) groups is 1. The van der Waals surface area contributed by atoms with Crippen molar-refractivity contribution < 1.29 is 18.7 Å². The largest absolute Gasteiger partial charge is 0.388 e. The molecule has 1 aliphatic rings. The molecule has 1 saturated heterocycles. The number of hydrogen-bond acceptors (Lipinski definition) is 3. The number of benzene rings is 1. The number of thioether (sulfide) groups is 1. The maximum Gasteiger partial charge on any atom is 0.322 e. The Kier molecular flexibility index (Phi) is 5.28. The van der Waals surface area contributed by atoms with Crippen molar-refractivity contribution in [3.05, 3.63) is 24.3 Å². The lowest BCUT2D eigenvalue weighted by molar-refractivity contribution is 0.0117. The first kappa shape index (κ1) is 17.0. The number of nitrogens with zero attached hydrogens (tertiary/aromatic N) is 1. The van der Waals surface area contributed by atoms with Crippen LogP contribution in [0.4, 0.5) is 19.3 Å². The molecule has 1 fully saturated rings. The smallest absolute Gasteiger partial charge is 0.322 e. The predicted molar refractivity (Wildman–Crippen MR) is 83.3 cm³/mol. The van der Waals surface area contributed by atoms with Crippen LogP contribution in [-0.4, -0.2) is 40.0 Å². The minimum absolute atomic E-state index is 0.276. The second-order valence-corrected chi connectivity index (χ2v) is 6.84. The molecule has 0 aliphatic carbocycles. The fraction of sp³-hybridized carbons (Fsp3) is 0.533. The summed E-state index contributed by atoms with van der Waals surface area (Å²) in [4.78, 5) is 14.3. The van der Waals surface area contributed by atoms with E-state index in [2.05, 4.69) is 5.32 Å². The lowest BCUT2D eigenvalue weighted by Crippen LogP contribution is -2.49. The van der Waals surface area contributed by atoms with E-state index < -0.39 is 11.4 Å². The highest BCUT2D eigenvalue weighted by Crippen LogP contribution is 2.33. The van der Waals surface area contributed by atoms with Crippen molar-refractivity contribution in [2.45, 2.75) is 49.0 Å². The summed E-state index contributed by atoms with van der Waals surface area (Å²) in [5.74, 6) is -2.55. The summed E-state index contributed by atoms with van der Waals surface area (Å²) in [5, 5.41) is 12.8. The standard InChI is InChI=1S/C15H20F2N2O2S/c1-15(2,21)12-8-5-9-19(12)14(20)18-10-6-3-4-7-11(10)22-13(16)17/h3-4,6-7,12-13,21H,5,8-9H2,1-2H3,(H,18,20). The maximum atomic E-state index is 12.6. The van der Waals surface area contributed by atoms with Crippen LogP contribution in [0.3, 0.4) is 0 Å². The van der Waals surface area contributed by atoms with Gasteiger partial charge in [-0.15, -0.1) is 0 Å². The predicted octanol–water partition coefficient (Wildman–Crippen LogP) is 3.77. The lowest BCUT2D eigenvalue weighted by atomic mass is 9.97. The molecule has 0 aromatic heterocycles. The van der Waals surface area contributed by atoms with Gasteiger partial charge in [-0.1, -0.05) is 23.9 Å². The van der Waals surface area contributed by atoms with Gasteiger partial charge in [-0.05, 0) is 38.8 Å². The summed E-state index contributed by atoms with van der Waals surface area (Å²) in [6.45, 7) is 3.89. The van der Waals surface area contributed by atoms with Crippen molar-refractivity contribution in [1.82, 2.24) is 4.90 Å². The summed E-state index contributed by atoms with van der Waals surface area (Å²) in [6, 6.07) is 5.83. The Morgan fingerprint density at radius 1 is 1.45 bits per heavy atom. The Bertz CT molecular complexity index is 535. The minimum Gasteiger partial charge on any atom is -0.388 e. The Balaban J connectivity index is 2.12. The Hall–Kier alpha value is -1.34. The third-order valence-corrected chi connectivity index (χ3v) is 4.46. The SMILES string of the molecule is CC(C)(O)C1CCCN1C(=O)Nc1ccccc1SC(F)F. The summed E-state index contributed by atoms with van der Waals surface area (Å²) < 4.78 is 25.1. The number of rotatable bonds is 4. The maximum absolute atomic E-state index is 12.6. The third kappa shape index (κ3) is 4.10. The Labute approximate surface area is 132 Å². The van der Waals surface area contributed by atoms with Crippen LogP contribution in [0.1, 0.15) is 26.7 Å². The number of anilines is 1. The second kappa shape index (κ2) is 6.83. The van der Waals surface area contributed by atoms with Gasteiger partial charge >= 0.3 is 6.03 Å². The molecule has 1 aromatic rings. The van der Waals surface area contributed by atoms with Gasteiger partial charge < -0.3 is 15.3 Å². The molecule has 1 aliphatic heterocycles. The number of para-hydroxylation sites is 1. The molecule has 0 radical (unpaired) electrons. The lowest BCUT2D eigenvalue weighted by Gasteiger charge is -2.33. The van der Waals surface area contributed by atoms with Gasteiger partial charge in [0.1, 0.15) is 0 Å². The highest BCUT2D eigenvalue weighted by molar-refractivity contribution is 7.99. The average molecular weight is 330 g/mol. The van der Waals surface area contributed by atoms with Crippen LogP contribution >= 0.6 is 11.8 Å². The molecular formula is C15H20F2N2O2S. The van der Waals surface area contributed by atoms with Gasteiger partial charge in [-0.25, -0.2) is 4.79 Å². The molecule has 1 heterocycles. The topological polar surface area (TPSA) is 52.6 Å². The molecule has 0 saturated carbocycles.